The highest BCUT2D eigenvalue weighted by molar-refractivity contribution is 5.83. The summed E-state index contributed by atoms with van der Waals surface area (Å²) >= 11 is 0. The highest BCUT2D eigenvalue weighted by Crippen LogP contribution is 2.29. The summed E-state index contributed by atoms with van der Waals surface area (Å²) in [6.45, 7) is 8.42. The van der Waals surface area contributed by atoms with Crippen molar-refractivity contribution in [1.29, 1.82) is 0 Å². The zero-order chi connectivity index (χ0) is 14.3. The standard InChI is InChI=1S/C15H26N2O2/c1-4-10-16-14(18)8-9-15(19)17-13-7-5-6-11(2)12(13)3/h4,11-13H,1,5-10H2,2-3H3,(H,16,18)(H,17,19)/t11-,12+,13-/m0/s1. The second kappa shape index (κ2) is 7.97. The molecule has 1 rings (SSSR count). The van der Waals surface area contributed by atoms with Crippen molar-refractivity contribution in [2.75, 3.05) is 6.54 Å². The van der Waals surface area contributed by atoms with Crippen LogP contribution in [0.15, 0.2) is 12.7 Å². The van der Waals surface area contributed by atoms with Crippen LogP contribution in [0.3, 0.4) is 0 Å². The van der Waals surface area contributed by atoms with Crippen molar-refractivity contribution >= 4 is 11.8 Å². The molecular formula is C15H26N2O2. The molecule has 0 bridgehead atoms. The summed E-state index contributed by atoms with van der Waals surface area (Å²) in [5.74, 6) is 1.07. The summed E-state index contributed by atoms with van der Waals surface area (Å²) in [6, 6.07) is 0.271. The fourth-order valence-corrected chi connectivity index (χ4v) is 2.57. The number of carbonyl (C=O) groups is 2. The van der Waals surface area contributed by atoms with Crippen LogP contribution in [0.25, 0.3) is 0 Å². The molecule has 0 radical (unpaired) electrons. The number of hydrogen-bond acceptors (Lipinski definition) is 2. The largest absolute Gasteiger partial charge is 0.353 e. The number of amides is 2. The summed E-state index contributed by atoms with van der Waals surface area (Å²) in [7, 11) is 0. The number of rotatable bonds is 6. The van der Waals surface area contributed by atoms with Gasteiger partial charge in [-0.3, -0.25) is 9.59 Å². The Morgan fingerprint density at radius 2 is 1.89 bits per heavy atom. The van der Waals surface area contributed by atoms with E-state index in [1.807, 2.05) is 0 Å². The van der Waals surface area contributed by atoms with E-state index in [2.05, 4.69) is 31.1 Å². The van der Waals surface area contributed by atoms with Gasteiger partial charge in [-0.25, -0.2) is 0 Å². The van der Waals surface area contributed by atoms with Gasteiger partial charge in [0.05, 0.1) is 0 Å². The Morgan fingerprint density at radius 3 is 2.58 bits per heavy atom. The molecule has 1 fully saturated rings. The van der Waals surface area contributed by atoms with Gasteiger partial charge < -0.3 is 10.6 Å². The second-order valence-electron chi connectivity index (χ2n) is 5.53. The van der Waals surface area contributed by atoms with E-state index in [0.717, 1.165) is 6.42 Å². The quantitative estimate of drug-likeness (QED) is 0.723. The normalized spacial score (nSPS) is 26.5. The van der Waals surface area contributed by atoms with Gasteiger partial charge in [-0.2, -0.15) is 0 Å². The Bertz CT molecular complexity index is 328. The Labute approximate surface area is 116 Å². The molecule has 0 aromatic rings. The van der Waals surface area contributed by atoms with E-state index in [1.165, 1.54) is 12.8 Å². The topological polar surface area (TPSA) is 58.2 Å². The monoisotopic (exact) mass is 266 g/mol. The number of carbonyl (C=O) groups excluding carboxylic acids is 2. The van der Waals surface area contributed by atoms with E-state index >= 15 is 0 Å². The molecule has 1 aliphatic carbocycles. The predicted molar refractivity (Wildman–Crippen MR) is 76.6 cm³/mol. The third kappa shape index (κ3) is 5.45. The molecule has 1 saturated carbocycles. The van der Waals surface area contributed by atoms with Gasteiger partial charge in [0.1, 0.15) is 0 Å². The van der Waals surface area contributed by atoms with Crippen LogP contribution in [-0.4, -0.2) is 24.4 Å². The first-order chi connectivity index (χ1) is 9.04. The second-order valence-corrected chi connectivity index (χ2v) is 5.53. The fourth-order valence-electron chi connectivity index (χ4n) is 2.57. The predicted octanol–water partition coefficient (Wildman–Crippen LogP) is 2.01. The first kappa shape index (κ1) is 15.7. The molecule has 0 aliphatic heterocycles. The van der Waals surface area contributed by atoms with Crippen LogP contribution < -0.4 is 10.6 Å². The molecule has 3 atom stereocenters. The van der Waals surface area contributed by atoms with Crippen LogP contribution in [0, 0.1) is 11.8 Å². The van der Waals surface area contributed by atoms with Gasteiger partial charge in [0.15, 0.2) is 0 Å². The van der Waals surface area contributed by atoms with Crippen LogP contribution >= 0.6 is 0 Å². The van der Waals surface area contributed by atoms with Gasteiger partial charge in [-0.05, 0) is 18.3 Å². The van der Waals surface area contributed by atoms with Gasteiger partial charge in [-0.1, -0.05) is 32.8 Å². The first-order valence-corrected chi connectivity index (χ1v) is 7.21. The van der Waals surface area contributed by atoms with Crippen molar-refractivity contribution in [3.05, 3.63) is 12.7 Å². The van der Waals surface area contributed by atoms with Crippen molar-refractivity contribution in [2.45, 2.75) is 52.0 Å². The molecular weight excluding hydrogens is 240 g/mol. The van der Waals surface area contributed by atoms with Gasteiger partial charge >= 0.3 is 0 Å². The number of hydrogen-bond donors (Lipinski definition) is 2. The minimum absolute atomic E-state index is 0.0142. The molecule has 0 aromatic carbocycles. The Hall–Kier alpha value is -1.32. The van der Waals surface area contributed by atoms with Gasteiger partial charge in [0.25, 0.3) is 0 Å². The van der Waals surface area contributed by atoms with Gasteiger partial charge in [0, 0.05) is 25.4 Å². The van der Waals surface area contributed by atoms with Crippen LogP contribution in [0.2, 0.25) is 0 Å². The molecule has 19 heavy (non-hydrogen) atoms. The average molecular weight is 266 g/mol. The minimum atomic E-state index is -0.0971. The summed E-state index contributed by atoms with van der Waals surface area (Å²) in [6.07, 6.45) is 5.62. The lowest BCUT2D eigenvalue weighted by Crippen LogP contribution is -2.43. The molecule has 108 valence electrons. The summed E-state index contributed by atoms with van der Waals surface area (Å²) in [4.78, 5) is 23.2. The lowest BCUT2D eigenvalue weighted by molar-refractivity contribution is -0.127. The highest BCUT2D eigenvalue weighted by atomic mass is 16.2. The molecule has 0 unspecified atom stereocenters. The Morgan fingerprint density at radius 1 is 1.21 bits per heavy atom. The molecule has 2 N–H and O–H groups in total. The molecule has 0 aromatic heterocycles. The van der Waals surface area contributed by atoms with Gasteiger partial charge in [0.2, 0.25) is 11.8 Å². The Balaban J connectivity index is 2.26. The maximum absolute atomic E-state index is 11.8. The van der Waals surface area contributed by atoms with Gasteiger partial charge in [-0.15, -0.1) is 6.58 Å². The van der Waals surface area contributed by atoms with E-state index in [-0.39, 0.29) is 30.7 Å². The summed E-state index contributed by atoms with van der Waals surface area (Å²) < 4.78 is 0. The van der Waals surface area contributed by atoms with E-state index in [9.17, 15) is 9.59 Å². The van der Waals surface area contributed by atoms with E-state index in [1.54, 1.807) is 6.08 Å². The average Bonchev–Trinajstić information content (AvgIpc) is 2.39. The molecule has 2 amide bonds. The summed E-state index contributed by atoms with van der Waals surface area (Å²) in [5, 5.41) is 5.74. The van der Waals surface area contributed by atoms with Crippen LogP contribution in [0.4, 0.5) is 0 Å². The van der Waals surface area contributed by atoms with Crippen molar-refractivity contribution in [2.24, 2.45) is 11.8 Å². The summed E-state index contributed by atoms with van der Waals surface area (Å²) in [5.41, 5.74) is 0. The molecule has 0 saturated heterocycles. The zero-order valence-corrected chi connectivity index (χ0v) is 12.1. The first-order valence-electron chi connectivity index (χ1n) is 7.21. The van der Waals surface area contributed by atoms with Crippen LogP contribution in [0.1, 0.15) is 46.0 Å². The number of nitrogens with one attached hydrogen (secondary N) is 2. The van der Waals surface area contributed by atoms with E-state index in [0.29, 0.717) is 18.4 Å². The smallest absolute Gasteiger partial charge is 0.220 e. The Kier molecular flexibility index (Phi) is 6.60. The molecule has 0 heterocycles. The zero-order valence-electron chi connectivity index (χ0n) is 12.1. The highest BCUT2D eigenvalue weighted by Gasteiger charge is 2.27. The van der Waals surface area contributed by atoms with Crippen molar-refractivity contribution in [3.63, 3.8) is 0 Å². The van der Waals surface area contributed by atoms with Crippen LogP contribution in [-0.2, 0) is 9.59 Å². The van der Waals surface area contributed by atoms with Crippen LogP contribution in [0.5, 0.6) is 0 Å². The third-order valence-corrected chi connectivity index (χ3v) is 4.08. The third-order valence-electron chi connectivity index (χ3n) is 4.08. The van der Waals surface area contributed by atoms with Crippen molar-refractivity contribution < 1.29 is 9.59 Å². The van der Waals surface area contributed by atoms with Crippen molar-refractivity contribution in [1.82, 2.24) is 10.6 Å². The SMILES string of the molecule is C=CCNC(=O)CCC(=O)N[C@H]1CCC[C@H](C)[C@H]1C. The maximum atomic E-state index is 11.8. The molecule has 0 spiro atoms. The van der Waals surface area contributed by atoms with E-state index in [4.69, 9.17) is 0 Å². The fraction of sp³-hybridized carbons (Fsp3) is 0.733. The van der Waals surface area contributed by atoms with Crippen molar-refractivity contribution in [3.8, 4) is 0 Å². The molecule has 4 nitrogen and oxygen atoms in total. The maximum Gasteiger partial charge on any atom is 0.220 e. The molecule has 1 aliphatic rings. The van der Waals surface area contributed by atoms with E-state index < -0.39 is 0 Å². The molecule has 4 heteroatoms. The lowest BCUT2D eigenvalue weighted by Gasteiger charge is -2.34. The minimum Gasteiger partial charge on any atom is -0.353 e. The lowest BCUT2D eigenvalue weighted by atomic mass is 9.78.